The summed E-state index contributed by atoms with van der Waals surface area (Å²) in [5.74, 6) is 0. The molecule has 2 rings (SSSR count). The van der Waals surface area contributed by atoms with Crippen molar-refractivity contribution in [3.8, 4) is 0 Å². The summed E-state index contributed by atoms with van der Waals surface area (Å²) in [6, 6.07) is 9.40. The molecule has 0 radical (unpaired) electrons. The third-order valence-electron chi connectivity index (χ3n) is 3.37. The molecule has 2 aromatic carbocycles. The topological polar surface area (TPSA) is 98.3 Å². The number of benzene rings is 2. The Morgan fingerprint density at radius 1 is 1.00 bits per heavy atom. The van der Waals surface area contributed by atoms with Crippen molar-refractivity contribution in [3.63, 3.8) is 0 Å². The maximum atomic E-state index is 11.1. The van der Waals surface area contributed by atoms with Gasteiger partial charge in [-0.1, -0.05) is 19.1 Å². The van der Waals surface area contributed by atoms with Crippen molar-refractivity contribution >= 4 is 22.7 Å². The molecular weight excluding hydrogens is 286 g/mol. The van der Waals surface area contributed by atoms with E-state index in [0.29, 0.717) is 0 Å². The van der Waals surface area contributed by atoms with Crippen LogP contribution in [0.5, 0.6) is 0 Å². The van der Waals surface area contributed by atoms with Gasteiger partial charge in [-0.25, -0.2) is 0 Å². The summed E-state index contributed by atoms with van der Waals surface area (Å²) in [4.78, 5) is 20.6. The van der Waals surface area contributed by atoms with Crippen LogP contribution in [0.3, 0.4) is 0 Å². The fourth-order valence-corrected chi connectivity index (χ4v) is 2.06. The summed E-state index contributed by atoms with van der Waals surface area (Å²) in [6.07, 6.45) is 0.845. The lowest BCUT2D eigenvalue weighted by Gasteiger charge is -2.11. The van der Waals surface area contributed by atoms with Crippen LogP contribution in [0.15, 0.2) is 36.4 Å². The molecule has 114 valence electrons. The third-order valence-corrected chi connectivity index (χ3v) is 3.37. The van der Waals surface area contributed by atoms with Crippen molar-refractivity contribution in [2.24, 2.45) is 0 Å². The summed E-state index contributed by atoms with van der Waals surface area (Å²) >= 11 is 0. The molecule has 0 atom stereocenters. The van der Waals surface area contributed by atoms with E-state index >= 15 is 0 Å². The first-order chi connectivity index (χ1) is 10.4. The Kier molecular flexibility index (Phi) is 4.36. The molecule has 0 spiro atoms. The quantitative estimate of drug-likeness (QED) is 0.661. The Morgan fingerprint density at radius 3 is 2.32 bits per heavy atom. The average Bonchev–Trinajstić information content (AvgIpc) is 2.49. The van der Waals surface area contributed by atoms with Gasteiger partial charge in [0.15, 0.2) is 0 Å². The molecule has 0 saturated carbocycles. The van der Waals surface area contributed by atoms with Gasteiger partial charge in [-0.05, 0) is 36.6 Å². The second-order valence-corrected chi connectivity index (χ2v) is 4.84. The van der Waals surface area contributed by atoms with Crippen molar-refractivity contribution in [1.82, 2.24) is 0 Å². The molecule has 22 heavy (non-hydrogen) atoms. The van der Waals surface area contributed by atoms with E-state index in [-0.39, 0.29) is 17.1 Å². The van der Waals surface area contributed by atoms with Gasteiger partial charge in [0.1, 0.15) is 5.69 Å². The van der Waals surface area contributed by atoms with Gasteiger partial charge >= 0.3 is 0 Å². The number of nitrogens with one attached hydrogen (secondary N) is 1. The summed E-state index contributed by atoms with van der Waals surface area (Å²) in [6.45, 7) is 3.90. The predicted molar refractivity (Wildman–Crippen MR) is 83.6 cm³/mol. The summed E-state index contributed by atoms with van der Waals surface area (Å²) in [7, 11) is 0. The minimum atomic E-state index is -0.653. The number of rotatable bonds is 5. The number of nitrogens with zero attached hydrogens (tertiary/aromatic N) is 2. The van der Waals surface area contributed by atoms with E-state index in [1.165, 1.54) is 12.1 Å². The zero-order chi connectivity index (χ0) is 16.3. The van der Waals surface area contributed by atoms with Crippen LogP contribution in [0.2, 0.25) is 0 Å². The zero-order valence-corrected chi connectivity index (χ0v) is 12.2. The molecule has 7 heteroatoms. The van der Waals surface area contributed by atoms with Crippen molar-refractivity contribution in [1.29, 1.82) is 0 Å². The third kappa shape index (κ3) is 3.20. The van der Waals surface area contributed by atoms with Crippen molar-refractivity contribution < 1.29 is 9.85 Å². The fourth-order valence-electron chi connectivity index (χ4n) is 2.06. The van der Waals surface area contributed by atoms with Gasteiger partial charge in [-0.3, -0.25) is 20.2 Å². The summed E-state index contributed by atoms with van der Waals surface area (Å²) in [5, 5.41) is 24.9. The van der Waals surface area contributed by atoms with Crippen molar-refractivity contribution in [3.05, 3.63) is 67.8 Å². The highest BCUT2D eigenvalue weighted by molar-refractivity contribution is 5.73. The van der Waals surface area contributed by atoms with E-state index in [1.807, 2.05) is 32.0 Å². The van der Waals surface area contributed by atoms with Crippen LogP contribution < -0.4 is 5.32 Å². The van der Waals surface area contributed by atoms with E-state index < -0.39 is 9.85 Å². The van der Waals surface area contributed by atoms with Crippen LogP contribution in [-0.4, -0.2) is 9.85 Å². The van der Waals surface area contributed by atoms with Crippen LogP contribution in [0.1, 0.15) is 18.1 Å². The number of anilines is 2. The number of hydrogen-bond acceptors (Lipinski definition) is 5. The monoisotopic (exact) mass is 301 g/mol. The van der Waals surface area contributed by atoms with E-state index in [4.69, 9.17) is 0 Å². The molecule has 0 aliphatic carbocycles. The van der Waals surface area contributed by atoms with Crippen LogP contribution in [-0.2, 0) is 6.42 Å². The molecule has 0 aromatic heterocycles. The molecular formula is C15H15N3O4. The molecule has 0 aliphatic heterocycles. The highest BCUT2D eigenvalue weighted by Gasteiger charge is 2.19. The van der Waals surface area contributed by atoms with Gasteiger partial charge in [0.05, 0.1) is 15.9 Å². The van der Waals surface area contributed by atoms with E-state index in [1.54, 1.807) is 0 Å². The first-order valence-electron chi connectivity index (χ1n) is 6.71. The maximum absolute atomic E-state index is 11.1. The molecule has 0 unspecified atom stereocenters. The van der Waals surface area contributed by atoms with E-state index in [2.05, 4.69) is 5.32 Å². The van der Waals surface area contributed by atoms with E-state index in [0.717, 1.165) is 29.3 Å². The standard InChI is InChI=1S/C15H15N3O4/c1-3-11-5-4-10(2)14(8-11)16-13-7-6-12(17(19)20)9-15(13)18(21)22/h4-9,16H,3H2,1-2H3. The molecule has 0 aliphatic rings. The molecule has 7 nitrogen and oxygen atoms in total. The molecule has 0 bridgehead atoms. The Hall–Kier alpha value is -2.96. The highest BCUT2D eigenvalue weighted by atomic mass is 16.6. The van der Waals surface area contributed by atoms with Gasteiger partial charge in [0.25, 0.3) is 11.4 Å². The average molecular weight is 301 g/mol. The summed E-state index contributed by atoms with van der Waals surface area (Å²) < 4.78 is 0. The minimum Gasteiger partial charge on any atom is -0.350 e. The molecule has 2 aromatic rings. The Balaban J connectivity index is 2.45. The first-order valence-corrected chi connectivity index (χ1v) is 6.71. The highest BCUT2D eigenvalue weighted by Crippen LogP contribution is 2.32. The second-order valence-electron chi connectivity index (χ2n) is 4.84. The smallest absolute Gasteiger partial charge is 0.299 e. The van der Waals surface area contributed by atoms with Crippen molar-refractivity contribution in [2.75, 3.05) is 5.32 Å². The Bertz CT molecular complexity index is 744. The lowest BCUT2D eigenvalue weighted by molar-refractivity contribution is -0.393. The normalized spacial score (nSPS) is 10.3. The van der Waals surface area contributed by atoms with Gasteiger partial charge in [-0.15, -0.1) is 0 Å². The Labute approximate surface area is 126 Å². The van der Waals surface area contributed by atoms with Crippen LogP contribution in [0.25, 0.3) is 0 Å². The van der Waals surface area contributed by atoms with Gasteiger partial charge in [0.2, 0.25) is 0 Å². The maximum Gasteiger partial charge on any atom is 0.299 e. The molecule has 0 amide bonds. The minimum absolute atomic E-state index is 0.229. The van der Waals surface area contributed by atoms with E-state index in [9.17, 15) is 20.2 Å². The second kappa shape index (κ2) is 6.21. The number of aryl methyl sites for hydroxylation is 2. The van der Waals surface area contributed by atoms with Gasteiger partial charge < -0.3 is 5.32 Å². The molecule has 0 saturated heterocycles. The van der Waals surface area contributed by atoms with Crippen LogP contribution in [0.4, 0.5) is 22.7 Å². The lowest BCUT2D eigenvalue weighted by atomic mass is 10.1. The fraction of sp³-hybridized carbons (Fsp3) is 0.200. The predicted octanol–water partition coefficient (Wildman–Crippen LogP) is 4.12. The zero-order valence-electron chi connectivity index (χ0n) is 12.2. The molecule has 1 N–H and O–H groups in total. The Morgan fingerprint density at radius 2 is 1.73 bits per heavy atom. The first kappa shape index (κ1) is 15.4. The molecule has 0 heterocycles. The SMILES string of the molecule is CCc1ccc(C)c(Nc2ccc([N+](=O)[O-])cc2[N+](=O)[O-])c1. The van der Waals surface area contributed by atoms with Crippen LogP contribution in [0, 0.1) is 27.2 Å². The van der Waals surface area contributed by atoms with Gasteiger partial charge in [0, 0.05) is 11.8 Å². The number of non-ortho nitro benzene ring substituents is 1. The van der Waals surface area contributed by atoms with Crippen molar-refractivity contribution in [2.45, 2.75) is 20.3 Å². The summed E-state index contributed by atoms with van der Waals surface area (Å²) in [5.41, 5.74) is 2.37. The molecule has 0 fully saturated rings. The number of nitro benzene ring substituents is 2. The number of hydrogen-bond donors (Lipinski definition) is 1. The van der Waals surface area contributed by atoms with Gasteiger partial charge in [-0.2, -0.15) is 0 Å². The lowest BCUT2D eigenvalue weighted by Crippen LogP contribution is -2.00. The number of nitro groups is 2. The largest absolute Gasteiger partial charge is 0.350 e. The van der Waals surface area contributed by atoms with Crippen LogP contribution >= 0.6 is 0 Å².